The maximum Gasteiger partial charge on any atom is 0.308 e. The van der Waals surface area contributed by atoms with Gasteiger partial charge in [-0.25, -0.2) is 8.78 Å². The number of nitriles is 1. The number of fused-ring (bicyclic) bond motifs is 1. The predicted octanol–water partition coefficient (Wildman–Crippen LogP) is -0.761. The van der Waals surface area contributed by atoms with E-state index < -0.39 is 70.6 Å². The van der Waals surface area contributed by atoms with Crippen molar-refractivity contribution in [1.29, 1.82) is 5.26 Å². The number of carbonyl (C=O) groups excluding carboxylic acids is 1. The van der Waals surface area contributed by atoms with Crippen molar-refractivity contribution in [3.05, 3.63) is 22.4 Å². The minimum Gasteiger partial charge on any atom is -0.459 e. The van der Waals surface area contributed by atoms with Crippen molar-refractivity contribution in [2.24, 2.45) is 5.92 Å². The Balaban J connectivity index is 2.11. The number of aliphatic hydroxyl groups is 2. The van der Waals surface area contributed by atoms with Crippen LogP contribution < -0.4 is 11.3 Å². The first-order valence-electron chi connectivity index (χ1n) is 8.36. The van der Waals surface area contributed by atoms with Crippen molar-refractivity contribution < 1.29 is 33.3 Å². The molecule has 156 valence electrons. The highest BCUT2D eigenvalue weighted by molar-refractivity contribution is 5.77. The number of aromatic amines is 1. The molecule has 0 aromatic carbocycles. The van der Waals surface area contributed by atoms with E-state index in [2.05, 4.69) is 9.97 Å². The van der Waals surface area contributed by atoms with Gasteiger partial charge in [0.1, 0.15) is 23.7 Å². The summed E-state index contributed by atoms with van der Waals surface area (Å²) in [5.41, 5.74) is 1.19. The van der Waals surface area contributed by atoms with Gasteiger partial charge in [-0.1, -0.05) is 13.8 Å². The van der Waals surface area contributed by atoms with Gasteiger partial charge in [-0.2, -0.15) is 10.2 Å². The van der Waals surface area contributed by atoms with Crippen LogP contribution in [0, 0.1) is 23.1 Å². The first-order valence-corrected chi connectivity index (χ1v) is 8.36. The largest absolute Gasteiger partial charge is 0.459 e. The van der Waals surface area contributed by atoms with Crippen molar-refractivity contribution in [3.63, 3.8) is 0 Å². The van der Waals surface area contributed by atoms with Gasteiger partial charge in [0.2, 0.25) is 5.95 Å². The van der Waals surface area contributed by atoms with Crippen LogP contribution in [0.25, 0.3) is 11.0 Å². The number of nitrogens with one attached hydrogen (secondary N) is 1. The second kappa shape index (κ2) is 6.76. The molecule has 0 aliphatic carbocycles. The molecular weight excluding hydrogens is 396 g/mol. The Hall–Kier alpha value is -3.08. The Morgan fingerprint density at radius 3 is 2.79 bits per heavy atom. The van der Waals surface area contributed by atoms with Gasteiger partial charge in [0, 0.05) is 6.20 Å². The summed E-state index contributed by atoms with van der Waals surface area (Å²) in [6.45, 7) is 1.81. The van der Waals surface area contributed by atoms with E-state index in [4.69, 9.17) is 15.2 Å². The zero-order chi connectivity index (χ0) is 21.7. The summed E-state index contributed by atoms with van der Waals surface area (Å²) >= 11 is 0. The van der Waals surface area contributed by atoms with E-state index in [1.54, 1.807) is 0 Å². The number of alkyl halides is 1. The second-order valence-corrected chi connectivity index (χ2v) is 6.85. The molecule has 0 amide bonds. The Kier molecular flexibility index (Phi) is 4.81. The summed E-state index contributed by atoms with van der Waals surface area (Å²) in [5.74, 6) is -6.25. The smallest absolute Gasteiger partial charge is 0.308 e. The standard InChI is InChI=1S/C16H17F2N5O6/c1-6(2)13(27)28-5-15(18)9(24)10(25)16(4-19,29-15)23-3-7(17)8-11(23)21-14(20)22-12(8)26/h3,6,9-10,24-25H,5H2,1-2H3,(H3,20,21,22,26)/t9-,10+,15+,16+/m0/s1. The predicted molar refractivity (Wildman–Crippen MR) is 91.0 cm³/mol. The molecule has 5 N–H and O–H groups in total. The highest BCUT2D eigenvalue weighted by Gasteiger charge is 2.66. The summed E-state index contributed by atoms with van der Waals surface area (Å²) in [5, 5.41) is 29.6. The normalized spacial score (nSPS) is 29.3. The quantitative estimate of drug-likeness (QED) is 0.469. The fourth-order valence-corrected chi connectivity index (χ4v) is 2.97. The molecule has 1 saturated heterocycles. The van der Waals surface area contributed by atoms with E-state index in [1.165, 1.54) is 19.9 Å². The number of halogens is 2. The van der Waals surface area contributed by atoms with Gasteiger partial charge >= 0.3 is 5.97 Å². The Morgan fingerprint density at radius 2 is 2.21 bits per heavy atom. The summed E-state index contributed by atoms with van der Waals surface area (Å²) in [7, 11) is 0. The molecule has 2 aromatic heterocycles. The van der Waals surface area contributed by atoms with Crippen molar-refractivity contribution in [2.45, 2.75) is 37.6 Å². The number of aromatic nitrogens is 3. The third-order valence-corrected chi connectivity index (χ3v) is 4.50. The number of esters is 1. The number of aliphatic hydroxyl groups excluding tert-OH is 2. The molecule has 29 heavy (non-hydrogen) atoms. The molecule has 4 atom stereocenters. The van der Waals surface area contributed by atoms with Crippen LogP contribution in [-0.4, -0.2) is 55.4 Å². The van der Waals surface area contributed by atoms with Gasteiger partial charge in [-0.05, 0) is 0 Å². The van der Waals surface area contributed by atoms with Crippen molar-refractivity contribution in [3.8, 4) is 6.07 Å². The minimum absolute atomic E-state index is 0.444. The molecule has 0 saturated carbocycles. The zero-order valence-corrected chi connectivity index (χ0v) is 15.2. The lowest BCUT2D eigenvalue weighted by atomic mass is 10.0. The third-order valence-electron chi connectivity index (χ3n) is 4.50. The maximum absolute atomic E-state index is 15.2. The molecule has 1 fully saturated rings. The van der Waals surface area contributed by atoms with Crippen LogP contribution in [0.4, 0.5) is 14.7 Å². The van der Waals surface area contributed by atoms with Crippen LogP contribution in [-0.2, 0) is 20.0 Å². The Bertz CT molecular complexity index is 1080. The Morgan fingerprint density at radius 1 is 1.55 bits per heavy atom. The van der Waals surface area contributed by atoms with Crippen LogP contribution in [0.5, 0.6) is 0 Å². The highest BCUT2D eigenvalue weighted by atomic mass is 19.2. The SMILES string of the molecule is CC(C)C(=O)OC[C@@]1(F)O[C@@](C#N)(n2cc(F)c3c(=O)[nH]c(N)nc32)[C@H](O)[C@@H]1O. The lowest BCUT2D eigenvalue weighted by Gasteiger charge is -2.27. The summed E-state index contributed by atoms with van der Waals surface area (Å²) in [6, 6.07) is 1.47. The van der Waals surface area contributed by atoms with E-state index >= 15 is 4.39 Å². The van der Waals surface area contributed by atoms with Gasteiger partial charge < -0.3 is 20.7 Å². The fourth-order valence-electron chi connectivity index (χ4n) is 2.97. The van der Waals surface area contributed by atoms with Crippen molar-refractivity contribution in [1.82, 2.24) is 14.5 Å². The number of ether oxygens (including phenoxy) is 2. The molecule has 3 rings (SSSR count). The average Bonchev–Trinajstić information content (AvgIpc) is 3.08. The number of H-pyrrole nitrogens is 1. The summed E-state index contributed by atoms with van der Waals surface area (Å²) < 4.78 is 39.9. The van der Waals surface area contributed by atoms with Crippen molar-refractivity contribution >= 4 is 23.0 Å². The molecule has 11 nitrogen and oxygen atoms in total. The molecule has 1 aliphatic rings. The lowest BCUT2D eigenvalue weighted by molar-refractivity contribution is -0.233. The molecule has 0 unspecified atom stereocenters. The van der Waals surface area contributed by atoms with E-state index in [-0.39, 0.29) is 0 Å². The Labute approximate surface area is 161 Å². The van der Waals surface area contributed by atoms with Gasteiger partial charge in [0.25, 0.3) is 17.1 Å². The number of nitrogen functional groups attached to an aromatic ring is 1. The van der Waals surface area contributed by atoms with Crippen LogP contribution in [0.2, 0.25) is 0 Å². The molecule has 0 radical (unpaired) electrons. The average molecular weight is 413 g/mol. The van der Waals surface area contributed by atoms with E-state index in [0.717, 1.165) is 0 Å². The fraction of sp³-hybridized carbons (Fsp3) is 0.500. The van der Waals surface area contributed by atoms with Gasteiger partial charge in [0.05, 0.1) is 5.92 Å². The molecular formula is C16H17F2N5O6. The minimum atomic E-state index is -3.21. The zero-order valence-electron chi connectivity index (χ0n) is 15.2. The third kappa shape index (κ3) is 3.01. The number of anilines is 1. The first-order chi connectivity index (χ1) is 13.5. The first kappa shape index (κ1) is 20.6. The topological polar surface area (TPSA) is 176 Å². The van der Waals surface area contributed by atoms with Gasteiger partial charge in [-0.15, -0.1) is 0 Å². The van der Waals surface area contributed by atoms with Crippen molar-refractivity contribution in [2.75, 3.05) is 12.3 Å². The van der Waals surface area contributed by atoms with E-state index in [9.17, 15) is 29.5 Å². The number of rotatable bonds is 4. The molecule has 13 heteroatoms. The molecule has 0 spiro atoms. The van der Waals surface area contributed by atoms with E-state index in [0.29, 0.717) is 10.8 Å². The molecule has 1 aliphatic heterocycles. The summed E-state index contributed by atoms with van der Waals surface area (Å²) in [4.78, 5) is 29.3. The molecule has 0 bridgehead atoms. The molecule has 2 aromatic rings. The second-order valence-electron chi connectivity index (χ2n) is 6.85. The van der Waals surface area contributed by atoms with Crippen LogP contribution in [0.1, 0.15) is 13.8 Å². The van der Waals surface area contributed by atoms with Crippen LogP contribution >= 0.6 is 0 Å². The summed E-state index contributed by atoms with van der Waals surface area (Å²) in [6.07, 6.45) is -4.05. The number of carbonyl (C=O) groups is 1. The van der Waals surface area contributed by atoms with Crippen LogP contribution in [0.3, 0.4) is 0 Å². The van der Waals surface area contributed by atoms with Gasteiger partial charge in [0.15, 0.2) is 18.1 Å². The maximum atomic E-state index is 15.2. The highest BCUT2D eigenvalue weighted by Crippen LogP contribution is 2.44. The number of hydrogen-bond donors (Lipinski definition) is 4. The monoisotopic (exact) mass is 413 g/mol. The van der Waals surface area contributed by atoms with Gasteiger partial charge in [-0.3, -0.25) is 23.9 Å². The number of nitrogens with zero attached hydrogens (tertiary/aromatic N) is 3. The number of nitrogens with two attached hydrogens (primary N) is 1. The number of hydrogen-bond acceptors (Lipinski definition) is 9. The lowest BCUT2D eigenvalue weighted by Crippen LogP contribution is -2.45. The molecule has 3 heterocycles. The van der Waals surface area contributed by atoms with Crippen LogP contribution in [0.15, 0.2) is 11.0 Å². The van der Waals surface area contributed by atoms with E-state index in [1.807, 2.05) is 0 Å².